The van der Waals surface area contributed by atoms with Crippen LogP contribution >= 0.6 is 0 Å². The lowest BCUT2D eigenvalue weighted by atomic mass is 9.87. The predicted octanol–water partition coefficient (Wildman–Crippen LogP) is 2.52. The van der Waals surface area contributed by atoms with Gasteiger partial charge in [-0.25, -0.2) is 4.68 Å². The molecule has 1 aromatic rings. The second-order valence-corrected chi connectivity index (χ2v) is 4.57. The fourth-order valence-corrected chi connectivity index (χ4v) is 2.32. The van der Waals surface area contributed by atoms with E-state index in [1.54, 1.807) is 0 Å². The average Bonchev–Trinajstić information content (AvgIpc) is 2.47. The van der Waals surface area contributed by atoms with Crippen molar-refractivity contribution in [3.8, 4) is 0 Å². The Kier molecular flexibility index (Phi) is 2.48. The maximum absolute atomic E-state index is 5.91. The minimum Gasteiger partial charge on any atom is -0.384 e. The van der Waals surface area contributed by atoms with Crippen molar-refractivity contribution in [2.45, 2.75) is 45.6 Å². The summed E-state index contributed by atoms with van der Waals surface area (Å²) in [6.07, 6.45) is 5.07. The van der Waals surface area contributed by atoms with Crippen LogP contribution in [0.1, 0.15) is 44.3 Å². The summed E-state index contributed by atoms with van der Waals surface area (Å²) >= 11 is 0. The molecule has 0 aromatic carbocycles. The molecule has 0 unspecified atom stereocenters. The van der Waals surface area contributed by atoms with Crippen LogP contribution in [-0.4, -0.2) is 9.78 Å². The molecule has 1 aromatic heterocycles. The number of nitrogens with zero attached hydrogens (tertiary/aromatic N) is 2. The number of hydrogen-bond donors (Lipinski definition) is 1. The van der Waals surface area contributed by atoms with E-state index in [-0.39, 0.29) is 0 Å². The third-order valence-electron chi connectivity index (χ3n) is 3.22. The van der Waals surface area contributed by atoms with E-state index in [1.807, 2.05) is 17.7 Å². The zero-order chi connectivity index (χ0) is 10.1. The second-order valence-electron chi connectivity index (χ2n) is 4.57. The lowest BCUT2D eigenvalue weighted by molar-refractivity contribution is 0.276. The van der Waals surface area contributed by atoms with Gasteiger partial charge in [-0.2, -0.15) is 5.10 Å². The molecular weight excluding hydrogens is 174 g/mol. The second kappa shape index (κ2) is 3.64. The van der Waals surface area contributed by atoms with E-state index in [1.165, 1.54) is 25.7 Å². The number of hydrogen-bond acceptors (Lipinski definition) is 2. The first-order valence-corrected chi connectivity index (χ1v) is 5.48. The summed E-state index contributed by atoms with van der Waals surface area (Å²) in [6, 6.07) is 2.50. The molecule has 0 spiro atoms. The van der Waals surface area contributed by atoms with Gasteiger partial charge in [-0.15, -0.1) is 0 Å². The minimum absolute atomic E-state index is 0.542. The fraction of sp³-hybridized carbons (Fsp3) is 0.727. The van der Waals surface area contributed by atoms with Crippen LogP contribution in [0, 0.1) is 12.8 Å². The van der Waals surface area contributed by atoms with Crippen molar-refractivity contribution in [3.05, 3.63) is 11.8 Å². The monoisotopic (exact) mass is 193 g/mol. The molecule has 0 saturated heterocycles. The number of aryl methyl sites for hydroxylation is 1. The predicted molar refractivity (Wildman–Crippen MR) is 58.0 cm³/mol. The van der Waals surface area contributed by atoms with Crippen LogP contribution in [0.25, 0.3) is 0 Å². The molecular formula is C11H19N3. The Morgan fingerprint density at radius 1 is 1.36 bits per heavy atom. The third-order valence-corrected chi connectivity index (χ3v) is 3.22. The number of rotatable bonds is 1. The van der Waals surface area contributed by atoms with E-state index >= 15 is 0 Å². The lowest BCUT2D eigenvalue weighted by Gasteiger charge is -2.26. The molecule has 0 aliphatic heterocycles. The van der Waals surface area contributed by atoms with Gasteiger partial charge in [-0.05, 0) is 38.5 Å². The molecule has 1 saturated carbocycles. The largest absolute Gasteiger partial charge is 0.384 e. The normalized spacial score (nSPS) is 27.9. The molecule has 14 heavy (non-hydrogen) atoms. The van der Waals surface area contributed by atoms with Crippen molar-refractivity contribution in [2.75, 3.05) is 5.73 Å². The first kappa shape index (κ1) is 9.56. The maximum atomic E-state index is 5.91. The van der Waals surface area contributed by atoms with E-state index in [9.17, 15) is 0 Å². The van der Waals surface area contributed by atoms with Gasteiger partial charge in [-0.3, -0.25) is 0 Å². The summed E-state index contributed by atoms with van der Waals surface area (Å²) in [5.74, 6) is 1.70. The molecule has 0 bridgehead atoms. The van der Waals surface area contributed by atoms with E-state index in [4.69, 9.17) is 5.73 Å². The Labute approximate surface area is 85.3 Å². The van der Waals surface area contributed by atoms with E-state index < -0.39 is 0 Å². The highest BCUT2D eigenvalue weighted by Gasteiger charge is 2.21. The Hall–Kier alpha value is -0.990. The van der Waals surface area contributed by atoms with Crippen LogP contribution in [0.2, 0.25) is 0 Å². The summed E-state index contributed by atoms with van der Waals surface area (Å²) in [4.78, 5) is 0. The van der Waals surface area contributed by atoms with E-state index in [0.717, 1.165) is 17.4 Å². The van der Waals surface area contributed by atoms with Crippen LogP contribution in [-0.2, 0) is 0 Å². The van der Waals surface area contributed by atoms with Gasteiger partial charge >= 0.3 is 0 Å². The topological polar surface area (TPSA) is 43.8 Å². The van der Waals surface area contributed by atoms with Crippen molar-refractivity contribution < 1.29 is 0 Å². The molecule has 1 aliphatic rings. The van der Waals surface area contributed by atoms with E-state index in [0.29, 0.717) is 6.04 Å². The molecule has 2 rings (SSSR count). The van der Waals surface area contributed by atoms with Gasteiger partial charge in [0.2, 0.25) is 0 Å². The van der Waals surface area contributed by atoms with Crippen molar-refractivity contribution in [2.24, 2.45) is 5.92 Å². The Morgan fingerprint density at radius 3 is 2.50 bits per heavy atom. The van der Waals surface area contributed by atoms with Gasteiger partial charge in [0.1, 0.15) is 5.82 Å². The molecule has 0 atom stereocenters. The highest BCUT2D eigenvalue weighted by Crippen LogP contribution is 2.32. The van der Waals surface area contributed by atoms with Crippen molar-refractivity contribution >= 4 is 5.82 Å². The van der Waals surface area contributed by atoms with Crippen molar-refractivity contribution in [1.29, 1.82) is 0 Å². The van der Waals surface area contributed by atoms with Crippen LogP contribution in [0.15, 0.2) is 6.07 Å². The van der Waals surface area contributed by atoms with Gasteiger partial charge in [0.05, 0.1) is 11.7 Å². The zero-order valence-corrected chi connectivity index (χ0v) is 9.03. The summed E-state index contributed by atoms with van der Waals surface area (Å²) in [5, 5.41) is 4.45. The maximum Gasteiger partial charge on any atom is 0.122 e. The van der Waals surface area contributed by atoms with Gasteiger partial charge in [0.15, 0.2) is 0 Å². The molecule has 2 N–H and O–H groups in total. The number of aromatic nitrogens is 2. The van der Waals surface area contributed by atoms with Crippen LogP contribution in [0.4, 0.5) is 5.82 Å². The van der Waals surface area contributed by atoms with Gasteiger partial charge in [0, 0.05) is 6.07 Å². The summed E-state index contributed by atoms with van der Waals surface area (Å²) < 4.78 is 2.02. The SMILES string of the molecule is Cc1cc(N)n(C2CCC(C)CC2)n1. The van der Waals surface area contributed by atoms with Crippen molar-refractivity contribution in [1.82, 2.24) is 9.78 Å². The average molecular weight is 193 g/mol. The highest BCUT2D eigenvalue weighted by atomic mass is 15.3. The first-order chi connectivity index (χ1) is 6.66. The highest BCUT2D eigenvalue weighted by molar-refractivity contribution is 5.30. The lowest BCUT2D eigenvalue weighted by Crippen LogP contribution is -2.19. The number of nitrogens with two attached hydrogens (primary N) is 1. The third kappa shape index (κ3) is 1.76. The summed E-state index contributed by atoms with van der Waals surface area (Å²) in [6.45, 7) is 4.33. The fourth-order valence-electron chi connectivity index (χ4n) is 2.32. The zero-order valence-electron chi connectivity index (χ0n) is 9.03. The van der Waals surface area contributed by atoms with Crippen molar-refractivity contribution in [3.63, 3.8) is 0 Å². The van der Waals surface area contributed by atoms with Gasteiger partial charge in [0.25, 0.3) is 0 Å². The molecule has 3 nitrogen and oxygen atoms in total. The first-order valence-electron chi connectivity index (χ1n) is 5.48. The molecule has 3 heteroatoms. The molecule has 1 aliphatic carbocycles. The molecule has 0 amide bonds. The molecule has 1 fully saturated rings. The summed E-state index contributed by atoms with van der Waals surface area (Å²) in [7, 11) is 0. The molecule has 78 valence electrons. The Bertz CT molecular complexity index is 308. The minimum atomic E-state index is 0.542. The Balaban J connectivity index is 2.11. The Morgan fingerprint density at radius 2 is 2.00 bits per heavy atom. The van der Waals surface area contributed by atoms with Crippen LogP contribution < -0.4 is 5.73 Å². The molecule has 0 radical (unpaired) electrons. The number of nitrogen functional groups attached to an aromatic ring is 1. The number of anilines is 1. The molecule has 1 heterocycles. The smallest absolute Gasteiger partial charge is 0.122 e. The van der Waals surface area contributed by atoms with Crippen LogP contribution in [0.3, 0.4) is 0 Å². The van der Waals surface area contributed by atoms with Gasteiger partial charge in [-0.1, -0.05) is 6.92 Å². The standard InChI is InChI=1S/C11H19N3/c1-8-3-5-10(6-4-8)14-11(12)7-9(2)13-14/h7-8,10H,3-6,12H2,1-2H3. The summed E-state index contributed by atoms with van der Waals surface area (Å²) in [5.41, 5.74) is 6.94. The van der Waals surface area contributed by atoms with Gasteiger partial charge < -0.3 is 5.73 Å². The van der Waals surface area contributed by atoms with E-state index in [2.05, 4.69) is 12.0 Å². The quantitative estimate of drug-likeness (QED) is 0.744. The van der Waals surface area contributed by atoms with Crippen LogP contribution in [0.5, 0.6) is 0 Å².